The molecule has 1 saturated heterocycles. The Morgan fingerprint density at radius 3 is 2.74 bits per heavy atom. The molecule has 0 bridgehead atoms. The molecule has 2 aromatic rings. The molecule has 1 amide bonds. The van der Waals surface area contributed by atoms with Crippen LogP contribution in [0.5, 0.6) is 0 Å². The summed E-state index contributed by atoms with van der Waals surface area (Å²) in [4.78, 5) is 24.6. The van der Waals surface area contributed by atoms with Crippen molar-refractivity contribution in [2.24, 2.45) is 5.92 Å². The number of carbonyl (C=O) groups excluding carboxylic acids is 1. The number of aliphatic carboxylic acids is 1. The average molecular weight is 311 g/mol. The van der Waals surface area contributed by atoms with Crippen LogP contribution in [0.4, 0.5) is 0 Å². The summed E-state index contributed by atoms with van der Waals surface area (Å²) in [5.41, 5.74) is 1.76. The van der Waals surface area contributed by atoms with Crippen molar-refractivity contribution >= 4 is 18.0 Å². The Balaban J connectivity index is 1.63. The van der Waals surface area contributed by atoms with Crippen molar-refractivity contribution in [2.75, 3.05) is 13.1 Å². The molecule has 1 aliphatic heterocycles. The van der Waals surface area contributed by atoms with E-state index in [9.17, 15) is 9.59 Å². The quantitative estimate of drug-likeness (QED) is 0.874. The largest absolute Gasteiger partial charge is 0.481 e. The molecule has 0 spiro atoms. The first-order valence-corrected chi connectivity index (χ1v) is 7.43. The molecule has 1 N–H and O–H groups in total. The number of rotatable bonds is 4. The smallest absolute Gasteiger partial charge is 0.308 e. The number of para-hydroxylation sites is 1. The van der Waals surface area contributed by atoms with Gasteiger partial charge in [0.25, 0.3) is 0 Å². The standard InChI is InChI=1S/C17H17N3O3/c21-16(19-9-8-14(12-19)17(22)23)7-6-13-10-18-20(11-13)15-4-2-1-3-5-15/h1-7,10-11,14H,8-9,12H2,(H,22,23)/b7-6+. The highest BCUT2D eigenvalue weighted by Gasteiger charge is 2.29. The predicted octanol–water partition coefficient (Wildman–Crippen LogP) is 1.82. The zero-order valence-electron chi connectivity index (χ0n) is 12.5. The Morgan fingerprint density at radius 2 is 2.04 bits per heavy atom. The third kappa shape index (κ3) is 3.48. The van der Waals surface area contributed by atoms with Gasteiger partial charge in [0.05, 0.1) is 17.8 Å². The highest BCUT2D eigenvalue weighted by atomic mass is 16.4. The lowest BCUT2D eigenvalue weighted by Crippen LogP contribution is -2.28. The molecule has 118 valence electrons. The first kappa shape index (κ1) is 15.0. The summed E-state index contributed by atoms with van der Waals surface area (Å²) in [6, 6.07) is 9.70. The van der Waals surface area contributed by atoms with Crippen LogP contribution >= 0.6 is 0 Å². The number of hydrogen-bond acceptors (Lipinski definition) is 3. The summed E-state index contributed by atoms with van der Waals surface area (Å²) in [6.45, 7) is 0.769. The second kappa shape index (κ2) is 6.48. The van der Waals surface area contributed by atoms with Gasteiger partial charge in [-0.2, -0.15) is 5.10 Å². The summed E-state index contributed by atoms with van der Waals surface area (Å²) >= 11 is 0. The Bertz CT molecular complexity index is 737. The van der Waals surface area contributed by atoms with Crippen molar-refractivity contribution in [1.29, 1.82) is 0 Å². The molecule has 3 rings (SSSR count). The molecule has 1 unspecified atom stereocenters. The van der Waals surface area contributed by atoms with Gasteiger partial charge in [-0.25, -0.2) is 4.68 Å². The molecule has 1 aromatic heterocycles. The molecular formula is C17H17N3O3. The van der Waals surface area contributed by atoms with E-state index in [-0.39, 0.29) is 12.5 Å². The Kier molecular flexibility index (Phi) is 4.23. The van der Waals surface area contributed by atoms with Gasteiger partial charge < -0.3 is 10.0 Å². The van der Waals surface area contributed by atoms with Crippen molar-refractivity contribution < 1.29 is 14.7 Å². The number of aromatic nitrogens is 2. The number of hydrogen-bond donors (Lipinski definition) is 1. The Morgan fingerprint density at radius 1 is 1.26 bits per heavy atom. The lowest BCUT2D eigenvalue weighted by molar-refractivity contribution is -0.141. The maximum atomic E-state index is 12.1. The highest BCUT2D eigenvalue weighted by Crippen LogP contribution is 2.17. The van der Waals surface area contributed by atoms with Crippen molar-refractivity contribution in [1.82, 2.24) is 14.7 Å². The molecule has 2 heterocycles. The number of benzene rings is 1. The fourth-order valence-corrected chi connectivity index (χ4v) is 2.58. The number of carbonyl (C=O) groups is 2. The second-order valence-electron chi connectivity index (χ2n) is 5.50. The van der Waals surface area contributed by atoms with Gasteiger partial charge in [-0.1, -0.05) is 18.2 Å². The zero-order valence-corrected chi connectivity index (χ0v) is 12.5. The van der Waals surface area contributed by atoms with Gasteiger partial charge in [-0.15, -0.1) is 0 Å². The molecule has 0 aliphatic carbocycles. The monoisotopic (exact) mass is 311 g/mol. The van der Waals surface area contributed by atoms with Gasteiger partial charge >= 0.3 is 5.97 Å². The summed E-state index contributed by atoms with van der Waals surface area (Å²) in [5, 5.41) is 13.2. The first-order chi connectivity index (χ1) is 11.1. The molecule has 23 heavy (non-hydrogen) atoms. The number of amides is 1. The summed E-state index contributed by atoms with van der Waals surface area (Å²) in [7, 11) is 0. The van der Waals surface area contributed by atoms with E-state index in [1.54, 1.807) is 21.9 Å². The fourth-order valence-electron chi connectivity index (χ4n) is 2.58. The summed E-state index contributed by atoms with van der Waals surface area (Å²) in [5.74, 6) is -1.46. The first-order valence-electron chi connectivity index (χ1n) is 7.43. The highest BCUT2D eigenvalue weighted by molar-refractivity contribution is 5.92. The van der Waals surface area contributed by atoms with Crippen LogP contribution in [0.3, 0.4) is 0 Å². The minimum atomic E-state index is -0.839. The second-order valence-corrected chi connectivity index (χ2v) is 5.50. The maximum absolute atomic E-state index is 12.1. The molecule has 1 fully saturated rings. The van der Waals surface area contributed by atoms with Gasteiger partial charge in [0.1, 0.15) is 0 Å². The van der Waals surface area contributed by atoms with Crippen LogP contribution in [-0.2, 0) is 9.59 Å². The molecule has 1 atom stereocenters. The van der Waals surface area contributed by atoms with Crippen LogP contribution in [0.1, 0.15) is 12.0 Å². The molecule has 0 radical (unpaired) electrons. The molecule has 1 aliphatic rings. The van der Waals surface area contributed by atoms with E-state index in [0.717, 1.165) is 11.3 Å². The van der Waals surface area contributed by atoms with E-state index in [0.29, 0.717) is 13.0 Å². The fraction of sp³-hybridized carbons (Fsp3) is 0.235. The lowest BCUT2D eigenvalue weighted by atomic mass is 10.1. The number of carboxylic acid groups (broad SMARTS) is 1. The number of likely N-dealkylation sites (tertiary alicyclic amines) is 1. The van der Waals surface area contributed by atoms with Gasteiger partial charge in [0.2, 0.25) is 5.91 Å². The summed E-state index contributed by atoms with van der Waals surface area (Å²) in [6.07, 6.45) is 7.20. The maximum Gasteiger partial charge on any atom is 0.308 e. The lowest BCUT2D eigenvalue weighted by Gasteiger charge is -2.12. The van der Waals surface area contributed by atoms with Crippen LogP contribution < -0.4 is 0 Å². The normalized spacial score (nSPS) is 17.7. The predicted molar refractivity (Wildman–Crippen MR) is 84.9 cm³/mol. The van der Waals surface area contributed by atoms with E-state index in [1.807, 2.05) is 36.5 Å². The zero-order chi connectivity index (χ0) is 16.2. The van der Waals surface area contributed by atoms with Crippen LogP contribution in [0, 0.1) is 5.92 Å². The third-order valence-electron chi connectivity index (χ3n) is 3.89. The minimum Gasteiger partial charge on any atom is -0.481 e. The topological polar surface area (TPSA) is 75.4 Å². The van der Waals surface area contributed by atoms with Gasteiger partial charge in [0, 0.05) is 30.9 Å². The Hall–Kier alpha value is -2.89. The average Bonchev–Trinajstić information content (AvgIpc) is 3.23. The molecule has 0 saturated carbocycles. The van der Waals surface area contributed by atoms with Crippen LogP contribution in [0.15, 0.2) is 48.8 Å². The van der Waals surface area contributed by atoms with Crippen LogP contribution in [-0.4, -0.2) is 44.8 Å². The van der Waals surface area contributed by atoms with Crippen LogP contribution in [0.25, 0.3) is 11.8 Å². The van der Waals surface area contributed by atoms with Crippen molar-refractivity contribution in [2.45, 2.75) is 6.42 Å². The van der Waals surface area contributed by atoms with E-state index in [4.69, 9.17) is 5.11 Å². The Labute approximate surface area is 133 Å². The number of nitrogens with zero attached hydrogens (tertiary/aromatic N) is 3. The van der Waals surface area contributed by atoms with E-state index >= 15 is 0 Å². The SMILES string of the molecule is O=C(O)C1CCN(C(=O)/C=C/c2cnn(-c3ccccc3)c2)C1. The molecule has 1 aromatic carbocycles. The van der Waals surface area contributed by atoms with Crippen molar-refractivity contribution in [3.05, 3.63) is 54.4 Å². The molecule has 6 heteroatoms. The van der Waals surface area contributed by atoms with Gasteiger partial charge in [-0.3, -0.25) is 9.59 Å². The molecule has 6 nitrogen and oxygen atoms in total. The third-order valence-corrected chi connectivity index (χ3v) is 3.89. The van der Waals surface area contributed by atoms with Crippen molar-refractivity contribution in [3.8, 4) is 5.69 Å². The van der Waals surface area contributed by atoms with Gasteiger partial charge in [-0.05, 0) is 24.6 Å². The van der Waals surface area contributed by atoms with E-state index < -0.39 is 11.9 Å². The van der Waals surface area contributed by atoms with Gasteiger partial charge in [0.15, 0.2) is 0 Å². The van der Waals surface area contributed by atoms with E-state index in [2.05, 4.69) is 5.10 Å². The minimum absolute atomic E-state index is 0.166. The van der Waals surface area contributed by atoms with Crippen LogP contribution in [0.2, 0.25) is 0 Å². The summed E-state index contributed by atoms with van der Waals surface area (Å²) < 4.78 is 1.74. The molecular weight excluding hydrogens is 294 g/mol. The van der Waals surface area contributed by atoms with E-state index in [1.165, 1.54) is 6.08 Å². The number of carboxylic acids is 1. The van der Waals surface area contributed by atoms with Crippen molar-refractivity contribution in [3.63, 3.8) is 0 Å².